The molecule has 4 saturated carbocycles. The predicted octanol–water partition coefficient (Wildman–Crippen LogP) is 6.42. The normalized spacial score (nSPS) is 42.5. The number of benzene rings is 1. The number of likely N-dealkylation sites (tertiary alicyclic amines) is 1. The van der Waals surface area contributed by atoms with Gasteiger partial charge in [-0.2, -0.15) is 0 Å². The molecule has 0 bridgehead atoms. The van der Waals surface area contributed by atoms with Gasteiger partial charge in [-0.15, -0.1) is 0 Å². The minimum Gasteiger partial charge on any atom is -0.497 e. The van der Waals surface area contributed by atoms with Crippen molar-refractivity contribution in [3.05, 3.63) is 29.8 Å². The lowest BCUT2D eigenvalue weighted by molar-refractivity contribution is -0.220. The number of hydrogen-bond donors (Lipinski definition) is 1. The Bertz CT molecular complexity index is 897. The molecule has 4 nitrogen and oxygen atoms in total. The molecule has 5 aliphatic rings. The molecule has 0 amide bonds. The first-order valence-electron chi connectivity index (χ1n) is 15.2. The van der Waals surface area contributed by atoms with Crippen LogP contribution in [0, 0.1) is 28.6 Å². The third-order valence-corrected chi connectivity index (χ3v) is 12.1. The molecule has 6 rings (SSSR count). The van der Waals surface area contributed by atoms with Gasteiger partial charge in [0.15, 0.2) is 0 Å². The lowest BCUT2D eigenvalue weighted by Crippen LogP contribution is -2.63. The summed E-state index contributed by atoms with van der Waals surface area (Å²) in [6.07, 6.45) is 15.1. The summed E-state index contributed by atoms with van der Waals surface area (Å²) in [6, 6.07) is 8.72. The zero-order chi connectivity index (χ0) is 24.8. The van der Waals surface area contributed by atoms with Crippen LogP contribution in [-0.2, 0) is 4.74 Å². The Morgan fingerprint density at radius 3 is 2.47 bits per heavy atom. The summed E-state index contributed by atoms with van der Waals surface area (Å²) in [5, 5.41) is 12.9. The second kappa shape index (κ2) is 9.89. The van der Waals surface area contributed by atoms with Crippen molar-refractivity contribution in [2.24, 2.45) is 28.6 Å². The monoisotopic (exact) mass is 495 g/mol. The van der Waals surface area contributed by atoms with Crippen LogP contribution in [0.4, 0.5) is 0 Å². The van der Waals surface area contributed by atoms with Crippen molar-refractivity contribution in [1.82, 2.24) is 4.90 Å². The summed E-state index contributed by atoms with van der Waals surface area (Å²) in [6.45, 7) is 7.57. The first kappa shape index (κ1) is 25.2. The average molecular weight is 496 g/mol. The molecule has 5 fully saturated rings. The number of hydrogen-bond acceptors (Lipinski definition) is 4. The van der Waals surface area contributed by atoms with Gasteiger partial charge in [0.2, 0.25) is 0 Å². The highest BCUT2D eigenvalue weighted by Gasteiger charge is 2.68. The van der Waals surface area contributed by atoms with Gasteiger partial charge in [0.1, 0.15) is 5.75 Å². The van der Waals surface area contributed by atoms with Gasteiger partial charge in [-0.3, -0.25) is 0 Å². The number of fused-ring (bicyclic) bond motifs is 5. The Balaban J connectivity index is 1.29. The molecule has 1 aromatic carbocycles. The number of aliphatic hydroxyl groups is 1. The zero-order valence-electron chi connectivity index (χ0n) is 22.9. The number of nitrogens with zero attached hydrogens (tertiary/aromatic N) is 1. The van der Waals surface area contributed by atoms with Crippen molar-refractivity contribution in [2.75, 3.05) is 40.0 Å². The summed E-state index contributed by atoms with van der Waals surface area (Å²) in [7, 11) is 1.74. The van der Waals surface area contributed by atoms with E-state index >= 15 is 0 Å². The van der Waals surface area contributed by atoms with Gasteiger partial charge in [-0.1, -0.05) is 31.9 Å². The molecule has 4 heteroatoms. The maximum absolute atomic E-state index is 12.9. The molecule has 36 heavy (non-hydrogen) atoms. The third kappa shape index (κ3) is 3.96. The largest absolute Gasteiger partial charge is 0.497 e. The summed E-state index contributed by atoms with van der Waals surface area (Å²) in [4.78, 5) is 2.54. The maximum atomic E-state index is 12.9. The molecule has 1 aliphatic heterocycles. The van der Waals surface area contributed by atoms with Gasteiger partial charge in [-0.25, -0.2) is 0 Å². The second-order valence-electron chi connectivity index (χ2n) is 13.3. The Kier molecular flexibility index (Phi) is 6.92. The Labute approximate surface area is 219 Å². The SMILES string of the molecule is COc1ccc([C@H]2CC[C@]3(O)[C@@H]4CC[C@H]5CCCC[C@]5(C)[C@H]4CC[C@]23COCCN2CCCC2)cc1. The van der Waals surface area contributed by atoms with E-state index in [2.05, 4.69) is 36.1 Å². The molecular weight excluding hydrogens is 446 g/mol. The summed E-state index contributed by atoms with van der Waals surface area (Å²) >= 11 is 0. The molecule has 1 N–H and O–H groups in total. The Hall–Kier alpha value is -1.10. The van der Waals surface area contributed by atoms with Crippen molar-refractivity contribution in [3.63, 3.8) is 0 Å². The molecule has 1 heterocycles. The highest BCUT2D eigenvalue weighted by molar-refractivity contribution is 5.34. The number of ether oxygens (including phenoxy) is 2. The first-order chi connectivity index (χ1) is 17.5. The van der Waals surface area contributed by atoms with Crippen LogP contribution in [0.5, 0.6) is 5.75 Å². The van der Waals surface area contributed by atoms with Crippen molar-refractivity contribution < 1.29 is 14.6 Å². The van der Waals surface area contributed by atoms with Crippen LogP contribution in [0.15, 0.2) is 24.3 Å². The maximum Gasteiger partial charge on any atom is 0.118 e. The van der Waals surface area contributed by atoms with Crippen molar-refractivity contribution in [3.8, 4) is 5.75 Å². The van der Waals surface area contributed by atoms with Crippen molar-refractivity contribution in [1.29, 1.82) is 0 Å². The fourth-order valence-corrected chi connectivity index (χ4v) is 10.2. The van der Waals surface area contributed by atoms with Crippen LogP contribution in [-0.4, -0.2) is 55.6 Å². The highest BCUT2D eigenvalue weighted by atomic mass is 16.5. The number of rotatable bonds is 7. The van der Waals surface area contributed by atoms with Gasteiger partial charge in [0.05, 0.1) is 25.9 Å². The van der Waals surface area contributed by atoms with Crippen LogP contribution in [0.2, 0.25) is 0 Å². The molecule has 0 unspecified atom stereocenters. The Morgan fingerprint density at radius 2 is 1.69 bits per heavy atom. The zero-order valence-corrected chi connectivity index (χ0v) is 22.9. The van der Waals surface area contributed by atoms with E-state index in [9.17, 15) is 5.11 Å². The molecule has 0 spiro atoms. The van der Waals surface area contributed by atoms with Crippen molar-refractivity contribution >= 4 is 0 Å². The lowest BCUT2D eigenvalue weighted by Gasteiger charge is -2.64. The minimum atomic E-state index is -0.612. The Morgan fingerprint density at radius 1 is 0.889 bits per heavy atom. The molecule has 1 saturated heterocycles. The molecule has 0 aromatic heterocycles. The summed E-state index contributed by atoms with van der Waals surface area (Å²) in [5.41, 5.74) is 1.01. The van der Waals surface area contributed by atoms with Crippen LogP contribution >= 0.6 is 0 Å². The fourth-order valence-electron chi connectivity index (χ4n) is 10.2. The smallest absolute Gasteiger partial charge is 0.118 e. The standard InChI is InChI=1S/C32H49NO3/c1-30-16-4-3-7-25(30)10-13-29-28(30)14-17-31(23-36-22-21-33-19-5-6-20-33)27(15-18-32(29,31)34)24-8-11-26(35-2)12-9-24/h8-9,11-12,25,27-29,34H,3-7,10,13-23H2,1-2H3/t25-,27-,28+,29-,30+,31+,32+/m1/s1. The molecule has 0 radical (unpaired) electrons. The summed E-state index contributed by atoms with van der Waals surface area (Å²) < 4.78 is 12.1. The van der Waals surface area contributed by atoms with Gasteiger partial charge >= 0.3 is 0 Å². The third-order valence-electron chi connectivity index (χ3n) is 12.1. The van der Waals surface area contributed by atoms with Gasteiger partial charge in [0.25, 0.3) is 0 Å². The van der Waals surface area contributed by atoms with E-state index < -0.39 is 5.60 Å². The van der Waals surface area contributed by atoms with E-state index in [0.717, 1.165) is 44.1 Å². The molecule has 4 aliphatic carbocycles. The van der Waals surface area contributed by atoms with E-state index in [1.807, 2.05) is 0 Å². The van der Waals surface area contributed by atoms with Crippen LogP contribution in [0.25, 0.3) is 0 Å². The van der Waals surface area contributed by atoms with Crippen LogP contribution in [0.1, 0.15) is 95.5 Å². The highest BCUT2D eigenvalue weighted by Crippen LogP contribution is 2.70. The molecule has 7 atom stereocenters. The van der Waals surface area contributed by atoms with Gasteiger partial charge < -0.3 is 19.5 Å². The van der Waals surface area contributed by atoms with Gasteiger partial charge in [0, 0.05) is 12.0 Å². The van der Waals surface area contributed by atoms with Crippen molar-refractivity contribution in [2.45, 2.75) is 95.5 Å². The average Bonchev–Trinajstić information content (AvgIpc) is 3.52. The van der Waals surface area contributed by atoms with E-state index in [1.165, 1.54) is 76.4 Å². The minimum absolute atomic E-state index is 0.175. The lowest BCUT2D eigenvalue weighted by atomic mass is 9.43. The number of methoxy groups -OCH3 is 1. The van der Waals surface area contributed by atoms with Crippen LogP contribution < -0.4 is 4.74 Å². The first-order valence-corrected chi connectivity index (χ1v) is 15.2. The van der Waals surface area contributed by atoms with E-state index in [0.29, 0.717) is 29.8 Å². The quantitative estimate of drug-likeness (QED) is 0.443. The molecular formula is C32H49NO3. The summed E-state index contributed by atoms with van der Waals surface area (Å²) in [5.74, 6) is 3.25. The van der Waals surface area contributed by atoms with E-state index in [4.69, 9.17) is 9.47 Å². The molecule has 200 valence electrons. The van der Waals surface area contributed by atoms with Crippen LogP contribution in [0.3, 0.4) is 0 Å². The predicted molar refractivity (Wildman–Crippen MR) is 144 cm³/mol. The topological polar surface area (TPSA) is 41.9 Å². The van der Waals surface area contributed by atoms with Gasteiger partial charge in [-0.05, 0) is 124 Å². The van der Waals surface area contributed by atoms with E-state index in [-0.39, 0.29) is 5.41 Å². The second-order valence-corrected chi connectivity index (χ2v) is 13.3. The molecule has 1 aromatic rings. The van der Waals surface area contributed by atoms with E-state index in [1.54, 1.807) is 7.11 Å². The fraction of sp³-hybridized carbons (Fsp3) is 0.812.